The van der Waals surface area contributed by atoms with E-state index in [0.29, 0.717) is 23.2 Å². The number of ketones is 1. The average molecular weight is 455 g/mol. The number of carbonyl (C=O) groups excluding carboxylic acids is 2. The van der Waals surface area contributed by atoms with Crippen LogP contribution in [0, 0.1) is 18.3 Å². The molecular weight excluding hydrogens is 424 g/mol. The summed E-state index contributed by atoms with van der Waals surface area (Å²) in [5.74, 6) is -0.664. The number of benzene rings is 2. The number of Topliss-reactive ketones (excluding diaryl/α,β-unsaturated/α-hetero) is 1. The Labute approximate surface area is 200 Å². The van der Waals surface area contributed by atoms with Crippen molar-refractivity contribution in [3.8, 4) is 0 Å². The van der Waals surface area contributed by atoms with Crippen molar-refractivity contribution in [2.24, 2.45) is 5.92 Å². The maximum absolute atomic E-state index is 13.7. The van der Waals surface area contributed by atoms with Crippen molar-refractivity contribution in [1.29, 1.82) is 5.41 Å². The summed E-state index contributed by atoms with van der Waals surface area (Å²) in [6.07, 6.45) is 0. The molecule has 1 aromatic heterocycles. The topological polar surface area (TPSA) is 87.0 Å². The quantitative estimate of drug-likeness (QED) is 0.488. The van der Waals surface area contributed by atoms with Gasteiger partial charge in [-0.05, 0) is 47.6 Å². The van der Waals surface area contributed by atoms with Gasteiger partial charge in [-0.1, -0.05) is 76.2 Å². The van der Waals surface area contributed by atoms with Crippen molar-refractivity contribution in [3.63, 3.8) is 0 Å². The molecule has 0 saturated carbocycles. The van der Waals surface area contributed by atoms with Gasteiger partial charge in [0, 0.05) is 5.56 Å². The van der Waals surface area contributed by atoms with E-state index < -0.39 is 17.9 Å². The van der Waals surface area contributed by atoms with Crippen LogP contribution in [0.15, 0.2) is 60.7 Å². The van der Waals surface area contributed by atoms with Gasteiger partial charge in [-0.15, -0.1) is 5.10 Å². The van der Waals surface area contributed by atoms with Gasteiger partial charge in [-0.25, -0.2) is 0 Å². The van der Waals surface area contributed by atoms with Gasteiger partial charge in [0.15, 0.2) is 11.6 Å². The van der Waals surface area contributed by atoms with E-state index in [4.69, 9.17) is 5.41 Å². The Balaban J connectivity index is 1.81. The maximum Gasteiger partial charge on any atom is 0.274 e. The number of carbonyl (C=O) groups is 2. The van der Waals surface area contributed by atoms with Crippen LogP contribution in [0.5, 0.6) is 0 Å². The molecule has 1 aliphatic heterocycles. The molecule has 6 nitrogen and oxygen atoms in total. The van der Waals surface area contributed by atoms with Gasteiger partial charge in [0.05, 0.1) is 17.7 Å². The Kier molecular flexibility index (Phi) is 6.42. The highest BCUT2D eigenvalue weighted by Crippen LogP contribution is 2.41. The Morgan fingerprint density at radius 1 is 0.853 bits per heavy atom. The van der Waals surface area contributed by atoms with Gasteiger partial charge in [0.1, 0.15) is 5.71 Å². The van der Waals surface area contributed by atoms with E-state index >= 15 is 0 Å². The largest absolute Gasteiger partial charge is 0.299 e. The molecule has 2 aromatic carbocycles. The third-order valence-electron chi connectivity index (χ3n) is 6.47. The van der Waals surface area contributed by atoms with Gasteiger partial charge >= 0.3 is 0 Å². The van der Waals surface area contributed by atoms with Crippen LogP contribution in [-0.4, -0.2) is 27.6 Å². The van der Waals surface area contributed by atoms with E-state index in [2.05, 4.69) is 37.9 Å². The lowest BCUT2D eigenvalue weighted by atomic mass is 9.85. The fraction of sp³-hybridized carbons (Fsp3) is 0.321. The number of aryl methyl sites for hydroxylation is 1. The fourth-order valence-electron chi connectivity index (χ4n) is 4.37. The monoisotopic (exact) mass is 454 g/mol. The van der Waals surface area contributed by atoms with Crippen LogP contribution in [0.1, 0.15) is 78.3 Å². The molecule has 6 heteroatoms. The molecule has 2 atom stereocenters. The van der Waals surface area contributed by atoms with E-state index in [1.54, 1.807) is 24.3 Å². The molecule has 1 fully saturated rings. The highest BCUT2D eigenvalue weighted by molar-refractivity contribution is 6.50. The van der Waals surface area contributed by atoms with Crippen molar-refractivity contribution in [1.82, 2.24) is 10.2 Å². The zero-order valence-electron chi connectivity index (χ0n) is 20.2. The van der Waals surface area contributed by atoms with Crippen molar-refractivity contribution >= 4 is 23.2 Å². The van der Waals surface area contributed by atoms with E-state index in [1.807, 2.05) is 43.3 Å². The van der Waals surface area contributed by atoms with Gasteiger partial charge in [-0.2, -0.15) is 5.10 Å². The minimum Gasteiger partial charge on any atom is -0.299 e. The van der Waals surface area contributed by atoms with Gasteiger partial charge in [0.2, 0.25) is 0 Å². The standard InChI is InChI=1S/C28H30N4O2/c1-16(2)19-7-11-21(12-8-19)26-24(27(33)22-13-9-20(10-14-22)17(3)4)25(29)28(34)32(26)23-15-6-18(5)30-31-23/h6-17,24,26,29H,1-5H3. The predicted octanol–water partition coefficient (Wildman–Crippen LogP) is 5.64. The number of hydrogen-bond acceptors (Lipinski definition) is 5. The van der Waals surface area contributed by atoms with Gasteiger partial charge in [0.25, 0.3) is 5.91 Å². The zero-order valence-corrected chi connectivity index (χ0v) is 20.2. The summed E-state index contributed by atoms with van der Waals surface area (Å²) in [6.45, 7) is 10.2. The van der Waals surface area contributed by atoms with Crippen LogP contribution in [-0.2, 0) is 4.79 Å². The molecule has 3 aromatic rings. The molecule has 2 heterocycles. The van der Waals surface area contributed by atoms with Crippen molar-refractivity contribution in [3.05, 3.63) is 88.6 Å². The van der Waals surface area contributed by atoms with E-state index in [1.165, 1.54) is 4.90 Å². The first kappa shape index (κ1) is 23.5. The molecule has 174 valence electrons. The Bertz CT molecular complexity index is 1210. The van der Waals surface area contributed by atoms with Crippen LogP contribution >= 0.6 is 0 Å². The van der Waals surface area contributed by atoms with Crippen molar-refractivity contribution in [2.75, 3.05) is 4.90 Å². The zero-order chi connectivity index (χ0) is 24.6. The van der Waals surface area contributed by atoms with Gasteiger partial charge in [-0.3, -0.25) is 19.9 Å². The van der Waals surface area contributed by atoms with Crippen LogP contribution in [0.3, 0.4) is 0 Å². The first-order chi connectivity index (χ1) is 16.2. The second-order valence-electron chi connectivity index (χ2n) is 9.51. The van der Waals surface area contributed by atoms with Crippen LogP contribution < -0.4 is 4.90 Å². The van der Waals surface area contributed by atoms with Crippen LogP contribution in [0.2, 0.25) is 0 Å². The maximum atomic E-state index is 13.7. The minimum absolute atomic E-state index is 0.224. The predicted molar refractivity (Wildman–Crippen MR) is 134 cm³/mol. The average Bonchev–Trinajstić information content (AvgIpc) is 3.09. The Morgan fingerprint density at radius 3 is 1.91 bits per heavy atom. The molecule has 0 spiro atoms. The summed E-state index contributed by atoms with van der Waals surface area (Å²) in [5.41, 5.74) is 4.08. The van der Waals surface area contributed by atoms with Gasteiger partial charge < -0.3 is 0 Å². The second-order valence-corrected chi connectivity index (χ2v) is 9.51. The second kappa shape index (κ2) is 9.29. The molecule has 1 aliphatic rings. The molecule has 1 saturated heterocycles. The minimum atomic E-state index is -0.939. The summed E-state index contributed by atoms with van der Waals surface area (Å²) in [4.78, 5) is 28.5. The molecule has 1 N–H and O–H groups in total. The molecule has 0 bridgehead atoms. The lowest BCUT2D eigenvalue weighted by molar-refractivity contribution is -0.112. The summed E-state index contributed by atoms with van der Waals surface area (Å²) in [5, 5.41) is 17.0. The van der Waals surface area contributed by atoms with Crippen LogP contribution in [0.4, 0.5) is 5.82 Å². The van der Waals surface area contributed by atoms with E-state index in [-0.39, 0.29) is 11.5 Å². The number of anilines is 1. The summed E-state index contributed by atoms with van der Waals surface area (Å²) in [7, 11) is 0. The molecule has 0 aliphatic carbocycles. The molecule has 34 heavy (non-hydrogen) atoms. The molecular formula is C28H30N4O2. The number of nitrogens with one attached hydrogen (secondary N) is 1. The Morgan fingerprint density at radius 2 is 1.41 bits per heavy atom. The normalized spacial score (nSPS) is 18.3. The smallest absolute Gasteiger partial charge is 0.274 e. The summed E-state index contributed by atoms with van der Waals surface area (Å²) < 4.78 is 0. The lowest BCUT2D eigenvalue weighted by Gasteiger charge is -2.27. The molecule has 4 rings (SSSR count). The third kappa shape index (κ3) is 4.28. The van der Waals surface area contributed by atoms with Crippen molar-refractivity contribution in [2.45, 2.75) is 52.5 Å². The van der Waals surface area contributed by atoms with Crippen LogP contribution in [0.25, 0.3) is 0 Å². The first-order valence-corrected chi connectivity index (χ1v) is 11.7. The number of hydrogen-bond donors (Lipinski definition) is 1. The fourth-order valence-corrected chi connectivity index (χ4v) is 4.37. The summed E-state index contributed by atoms with van der Waals surface area (Å²) in [6, 6.07) is 18.2. The first-order valence-electron chi connectivity index (χ1n) is 11.7. The number of aromatic nitrogens is 2. The number of nitrogens with zero attached hydrogens (tertiary/aromatic N) is 3. The lowest BCUT2D eigenvalue weighted by Crippen LogP contribution is -2.31. The number of rotatable bonds is 6. The molecule has 0 radical (unpaired) electrons. The number of amides is 1. The summed E-state index contributed by atoms with van der Waals surface area (Å²) >= 11 is 0. The van der Waals surface area contributed by atoms with E-state index in [0.717, 1.165) is 22.4 Å². The van der Waals surface area contributed by atoms with Crippen molar-refractivity contribution < 1.29 is 9.59 Å². The van der Waals surface area contributed by atoms with E-state index in [9.17, 15) is 9.59 Å². The highest BCUT2D eigenvalue weighted by Gasteiger charge is 2.50. The molecule has 2 unspecified atom stereocenters. The SMILES string of the molecule is Cc1ccc(N2C(=O)C(=N)C(C(=O)c3ccc(C(C)C)cc3)C2c2ccc(C(C)C)cc2)nn1. The third-order valence-corrected chi connectivity index (χ3v) is 6.47. The highest BCUT2D eigenvalue weighted by atomic mass is 16.2. The Hall–Kier alpha value is -3.67. The molecule has 1 amide bonds.